The van der Waals surface area contributed by atoms with E-state index in [1.807, 2.05) is 0 Å². The Labute approximate surface area is 91.0 Å². The summed E-state index contributed by atoms with van der Waals surface area (Å²) < 4.78 is 0. The fourth-order valence-electron chi connectivity index (χ4n) is 0.973. The van der Waals surface area contributed by atoms with Crippen molar-refractivity contribution in [3.63, 3.8) is 0 Å². The fourth-order valence-corrected chi connectivity index (χ4v) is 1.57. The molecule has 1 amide bonds. The van der Waals surface area contributed by atoms with E-state index in [1.165, 1.54) is 19.1 Å². The SMILES string of the molecule is CC(=O)c1cc(Cl)c(NC=O)c(Cl)c1. The van der Waals surface area contributed by atoms with Gasteiger partial charge in [-0.05, 0) is 19.1 Å². The summed E-state index contributed by atoms with van der Waals surface area (Å²) in [7, 11) is 0. The van der Waals surface area contributed by atoms with E-state index >= 15 is 0 Å². The normalized spacial score (nSPS) is 9.64. The maximum Gasteiger partial charge on any atom is 0.211 e. The van der Waals surface area contributed by atoms with Crippen LogP contribution in [0.2, 0.25) is 10.0 Å². The van der Waals surface area contributed by atoms with Crippen LogP contribution in [0.4, 0.5) is 5.69 Å². The minimum absolute atomic E-state index is 0.133. The average Bonchev–Trinajstić information content (AvgIpc) is 2.10. The first-order valence-corrected chi connectivity index (χ1v) is 4.52. The fraction of sp³-hybridized carbons (Fsp3) is 0.111. The molecule has 14 heavy (non-hydrogen) atoms. The van der Waals surface area contributed by atoms with E-state index in [0.717, 1.165) is 0 Å². The van der Waals surface area contributed by atoms with Gasteiger partial charge in [0.2, 0.25) is 6.41 Å². The molecule has 0 saturated carbocycles. The Morgan fingerprint density at radius 2 is 1.86 bits per heavy atom. The van der Waals surface area contributed by atoms with Crippen molar-refractivity contribution in [3.05, 3.63) is 27.7 Å². The van der Waals surface area contributed by atoms with Gasteiger partial charge in [-0.1, -0.05) is 23.2 Å². The van der Waals surface area contributed by atoms with E-state index in [9.17, 15) is 9.59 Å². The van der Waals surface area contributed by atoms with Crippen molar-refractivity contribution in [2.45, 2.75) is 6.92 Å². The van der Waals surface area contributed by atoms with E-state index in [4.69, 9.17) is 23.2 Å². The van der Waals surface area contributed by atoms with Gasteiger partial charge < -0.3 is 5.32 Å². The molecule has 1 N–H and O–H groups in total. The van der Waals surface area contributed by atoms with Crippen LogP contribution >= 0.6 is 23.2 Å². The van der Waals surface area contributed by atoms with Crippen LogP contribution in [0.5, 0.6) is 0 Å². The Kier molecular flexibility index (Phi) is 3.49. The largest absolute Gasteiger partial charge is 0.326 e. The van der Waals surface area contributed by atoms with Crippen LogP contribution in [0.3, 0.4) is 0 Å². The smallest absolute Gasteiger partial charge is 0.211 e. The third-order valence-electron chi connectivity index (χ3n) is 1.65. The molecule has 0 aliphatic carbocycles. The van der Waals surface area contributed by atoms with Crippen molar-refractivity contribution in [1.82, 2.24) is 0 Å². The molecule has 0 aliphatic heterocycles. The Hall–Kier alpha value is -1.06. The first kappa shape index (κ1) is 11.0. The molecule has 0 unspecified atom stereocenters. The lowest BCUT2D eigenvalue weighted by Gasteiger charge is -2.06. The van der Waals surface area contributed by atoms with Gasteiger partial charge in [0, 0.05) is 5.56 Å². The molecule has 1 rings (SSSR count). The molecule has 1 aromatic carbocycles. The molecule has 0 bridgehead atoms. The van der Waals surface area contributed by atoms with Gasteiger partial charge in [0.05, 0.1) is 15.7 Å². The van der Waals surface area contributed by atoms with Crippen molar-refractivity contribution < 1.29 is 9.59 Å². The molecule has 0 aromatic heterocycles. The van der Waals surface area contributed by atoms with Crippen LogP contribution in [0.1, 0.15) is 17.3 Å². The number of rotatable bonds is 3. The summed E-state index contributed by atoms with van der Waals surface area (Å²) in [6, 6.07) is 2.92. The van der Waals surface area contributed by atoms with Crippen LogP contribution in [0.15, 0.2) is 12.1 Å². The van der Waals surface area contributed by atoms with Crippen LogP contribution in [0, 0.1) is 0 Å². The highest BCUT2D eigenvalue weighted by Gasteiger charge is 2.09. The second-order valence-electron chi connectivity index (χ2n) is 2.63. The average molecular weight is 232 g/mol. The van der Waals surface area contributed by atoms with Crippen LogP contribution in [-0.2, 0) is 4.79 Å². The summed E-state index contributed by atoms with van der Waals surface area (Å²) in [6.07, 6.45) is 0.473. The van der Waals surface area contributed by atoms with Gasteiger partial charge in [-0.2, -0.15) is 0 Å². The lowest BCUT2D eigenvalue weighted by atomic mass is 10.1. The van der Waals surface area contributed by atoms with Crippen molar-refractivity contribution in [3.8, 4) is 0 Å². The summed E-state index contributed by atoms with van der Waals surface area (Å²) in [5, 5.41) is 2.84. The lowest BCUT2D eigenvalue weighted by Crippen LogP contribution is -1.98. The zero-order valence-corrected chi connectivity index (χ0v) is 8.82. The molecular weight excluding hydrogens is 225 g/mol. The van der Waals surface area contributed by atoms with Gasteiger partial charge in [0.15, 0.2) is 5.78 Å². The molecule has 0 aliphatic rings. The number of Topliss-reactive ketones (excluding diaryl/α,β-unsaturated/α-hetero) is 1. The minimum atomic E-state index is -0.133. The maximum atomic E-state index is 11.0. The van der Waals surface area contributed by atoms with Crippen LogP contribution in [0.25, 0.3) is 0 Å². The Balaban J connectivity index is 3.24. The molecule has 0 fully saturated rings. The molecule has 74 valence electrons. The third-order valence-corrected chi connectivity index (χ3v) is 2.25. The quantitative estimate of drug-likeness (QED) is 0.643. The second kappa shape index (κ2) is 4.44. The molecule has 1 aromatic rings. The van der Waals surface area contributed by atoms with Crippen molar-refractivity contribution >= 4 is 41.1 Å². The molecule has 5 heteroatoms. The number of hydrogen-bond acceptors (Lipinski definition) is 2. The van der Waals surface area contributed by atoms with E-state index < -0.39 is 0 Å². The molecule has 0 heterocycles. The van der Waals surface area contributed by atoms with Gasteiger partial charge in [-0.15, -0.1) is 0 Å². The van der Waals surface area contributed by atoms with E-state index in [1.54, 1.807) is 0 Å². The molecule has 0 saturated heterocycles. The number of anilines is 1. The molecule has 0 atom stereocenters. The Morgan fingerprint density at radius 1 is 1.36 bits per heavy atom. The van der Waals surface area contributed by atoms with Crippen molar-refractivity contribution in [2.75, 3.05) is 5.32 Å². The summed E-state index contributed by atoms with van der Waals surface area (Å²) >= 11 is 11.6. The number of ketones is 1. The standard InChI is InChI=1S/C9H7Cl2NO2/c1-5(14)6-2-7(10)9(12-4-13)8(11)3-6/h2-4H,1H3,(H,12,13). The van der Waals surface area contributed by atoms with Gasteiger partial charge in [0.25, 0.3) is 0 Å². The first-order valence-electron chi connectivity index (χ1n) is 3.76. The second-order valence-corrected chi connectivity index (χ2v) is 3.45. The Bertz CT molecular complexity index is 367. The summed E-state index contributed by atoms with van der Waals surface area (Å²) in [5.74, 6) is -0.133. The predicted octanol–water partition coefficient (Wildman–Crippen LogP) is 2.76. The summed E-state index contributed by atoms with van der Waals surface area (Å²) in [6.45, 7) is 1.41. The number of amides is 1. The van der Waals surface area contributed by atoms with Gasteiger partial charge in [0.1, 0.15) is 0 Å². The highest BCUT2D eigenvalue weighted by Crippen LogP contribution is 2.31. The number of hydrogen-bond donors (Lipinski definition) is 1. The van der Waals surface area contributed by atoms with Gasteiger partial charge >= 0.3 is 0 Å². The van der Waals surface area contributed by atoms with Gasteiger partial charge in [-0.3, -0.25) is 9.59 Å². The lowest BCUT2D eigenvalue weighted by molar-refractivity contribution is -0.105. The summed E-state index contributed by atoms with van der Waals surface area (Å²) in [4.78, 5) is 21.2. The zero-order valence-electron chi connectivity index (χ0n) is 7.30. The first-order chi connectivity index (χ1) is 6.56. The number of benzene rings is 1. The topological polar surface area (TPSA) is 46.2 Å². The van der Waals surface area contributed by atoms with Crippen LogP contribution in [-0.4, -0.2) is 12.2 Å². The summed E-state index contributed by atoms with van der Waals surface area (Å²) in [5.41, 5.74) is 0.727. The molecule has 0 radical (unpaired) electrons. The van der Waals surface area contributed by atoms with Crippen LogP contribution < -0.4 is 5.32 Å². The molecule has 3 nitrogen and oxygen atoms in total. The number of nitrogens with one attached hydrogen (secondary N) is 1. The van der Waals surface area contributed by atoms with Gasteiger partial charge in [-0.25, -0.2) is 0 Å². The minimum Gasteiger partial charge on any atom is -0.326 e. The van der Waals surface area contributed by atoms with E-state index in [-0.39, 0.29) is 15.8 Å². The van der Waals surface area contributed by atoms with E-state index in [0.29, 0.717) is 17.7 Å². The van der Waals surface area contributed by atoms with Crippen molar-refractivity contribution in [1.29, 1.82) is 0 Å². The maximum absolute atomic E-state index is 11.0. The number of halogens is 2. The highest BCUT2D eigenvalue weighted by molar-refractivity contribution is 6.40. The number of carbonyl (C=O) groups is 2. The molecular formula is C9H7Cl2NO2. The van der Waals surface area contributed by atoms with E-state index in [2.05, 4.69) is 5.32 Å². The monoisotopic (exact) mass is 231 g/mol. The van der Waals surface area contributed by atoms with Crippen molar-refractivity contribution in [2.24, 2.45) is 0 Å². The Morgan fingerprint density at radius 3 is 2.21 bits per heavy atom. The third kappa shape index (κ3) is 2.25. The predicted molar refractivity (Wildman–Crippen MR) is 56.2 cm³/mol. The highest BCUT2D eigenvalue weighted by atomic mass is 35.5. The zero-order chi connectivity index (χ0) is 10.7. The molecule has 0 spiro atoms. The number of carbonyl (C=O) groups excluding carboxylic acids is 2.